The number of nitrogens with zero attached hydrogens (tertiary/aromatic N) is 2. The van der Waals surface area contributed by atoms with Crippen LogP contribution in [0.5, 0.6) is 5.75 Å². The maximum atomic E-state index is 10.7. The Balaban J connectivity index is 2.38. The molecular weight excluding hydrogens is 158 g/mol. The van der Waals surface area contributed by atoms with Crippen molar-refractivity contribution in [1.29, 1.82) is 0 Å². The summed E-state index contributed by atoms with van der Waals surface area (Å²) >= 11 is 0. The molecule has 1 N–H and O–H groups in total. The molecule has 12 heavy (non-hydrogen) atoms. The normalized spacial score (nSPS) is 9.50. The summed E-state index contributed by atoms with van der Waals surface area (Å²) in [6.45, 7) is 0.0300. The summed E-state index contributed by atoms with van der Waals surface area (Å²) in [6.07, 6.45) is 3.26. The topological polar surface area (TPSA) is 56.1 Å². The number of aryl methyl sites for hydroxylation is 1. The number of carbonyl (C=O) groups excluding carboxylic acids is 1. The second-order valence-corrected chi connectivity index (χ2v) is 2.31. The van der Waals surface area contributed by atoms with Crippen LogP contribution in [0.4, 0.5) is 0 Å². The van der Waals surface area contributed by atoms with Gasteiger partial charge in [-0.25, -0.2) is 0 Å². The minimum absolute atomic E-state index is 0.0300. The summed E-state index contributed by atoms with van der Waals surface area (Å²) in [6, 6.07) is 0. The van der Waals surface area contributed by atoms with Gasteiger partial charge < -0.3 is 10.1 Å². The van der Waals surface area contributed by atoms with E-state index < -0.39 is 0 Å². The fourth-order valence-electron chi connectivity index (χ4n) is 0.694. The van der Waals surface area contributed by atoms with E-state index in [1.807, 2.05) is 0 Å². The van der Waals surface area contributed by atoms with Crippen LogP contribution in [0, 0.1) is 0 Å². The largest absolute Gasteiger partial charge is 0.480 e. The molecule has 1 amide bonds. The molecule has 1 aromatic rings. The van der Waals surface area contributed by atoms with Crippen molar-refractivity contribution in [1.82, 2.24) is 15.1 Å². The maximum Gasteiger partial charge on any atom is 0.257 e. The summed E-state index contributed by atoms with van der Waals surface area (Å²) in [4.78, 5) is 10.7. The zero-order valence-corrected chi connectivity index (χ0v) is 7.07. The van der Waals surface area contributed by atoms with Crippen LogP contribution in [0.1, 0.15) is 0 Å². The first-order valence-electron chi connectivity index (χ1n) is 3.54. The molecule has 0 fully saturated rings. The van der Waals surface area contributed by atoms with Gasteiger partial charge in [0.2, 0.25) is 0 Å². The molecular formula is C7H11N3O2. The van der Waals surface area contributed by atoms with E-state index in [0.29, 0.717) is 5.75 Å². The van der Waals surface area contributed by atoms with Crippen molar-refractivity contribution in [2.45, 2.75) is 0 Å². The van der Waals surface area contributed by atoms with Crippen LogP contribution < -0.4 is 10.1 Å². The van der Waals surface area contributed by atoms with Crippen molar-refractivity contribution in [2.24, 2.45) is 7.05 Å². The number of hydrogen-bond donors (Lipinski definition) is 1. The van der Waals surface area contributed by atoms with Crippen molar-refractivity contribution in [3.63, 3.8) is 0 Å². The van der Waals surface area contributed by atoms with E-state index in [1.54, 1.807) is 31.2 Å². The van der Waals surface area contributed by atoms with Crippen LogP contribution in [0.25, 0.3) is 0 Å². The molecule has 1 heterocycles. The standard InChI is InChI=1S/C7H11N3O2/c1-8-7(11)5-12-6-3-9-10(2)4-6/h3-4H,5H2,1-2H3,(H,8,11). The molecule has 0 bridgehead atoms. The average Bonchev–Trinajstić information content (AvgIpc) is 2.47. The van der Waals surface area contributed by atoms with Gasteiger partial charge in [0.05, 0.1) is 12.4 Å². The predicted molar refractivity (Wildman–Crippen MR) is 42.8 cm³/mol. The van der Waals surface area contributed by atoms with Crippen molar-refractivity contribution < 1.29 is 9.53 Å². The summed E-state index contributed by atoms with van der Waals surface area (Å²) in [5, 5.41) is 6.33. The summed E-state index contributed by atoms with van der Waals surface area (Å²) < 4.78 is 6.69. The molecule has 0 saturated heterocycles. The van der Waals surface area contributed by atoms with Crippen LogP contribution in [-0.2, 0) is 11.8 Å². The van der Waals surface area contributed by atoms with Gasteiger partial charge in [0.15, 0.2) is 12.4 Å². The first kappa shape index (κ1) is 8.58. The van der Waals surface area contributed by atoms with E-state index in [9.17, 15) is 4.79 Å². The molecule has 0 atom stereocenters. The Morgan fingerprint density at radius 2 is 2.58 bits per heavy atom. The molecule has 0 aromatic carbocycles. The lowest BCUT2D eigenvalue weighted by Crippen LogP contribution is -2.24. The Kier molecular flexibility index (Phi) is 2.68. The van der Waals surface area contributed by atoms with E-state index in [1.165, 1.54) is 0 Å². The molecule has 5 heteroatoms. The van der Waals surface area contributed by atoms with Crippen LogP contribution in [0.15, 0.2) is 12.4 Å². The zero-order valence-electron chi connectivity index (χ0n) is 7.07. The Bertz CT molecular complexity index is 269. The summed E-state index contributed by atoms with van der Waals surface area (Å²) in [5.74, 6) is 0.444. The van der Waals surface area contributed by atoms with E-state index >= 15 is 0 Å². The highest BCUT2D eigenvalue weighted by molar-refractivity contribution is 5.77. The molecule has 0 saturated carbocycles. The fraction of sp³-hybridized carbons (Fsp3) is 0.429. The van der Waals surface area contributed by atoms with Crippen LogP contribution in [0.3, 0.4) is 0 Å². The average molecular weight is 169 g/mol. The Hall–Kier alpha value is -1.52. The highest BCUT2D eigenvalue weighted by atomic mass is 16.5. The van der Waals surface area contributed by atoms with Gasteiger partial charge in [-0.05, 0) is 0 Å². The Morgan fingerprint density at radius 1 is 1.83 bits per heavy atom. The first-order valence-corrected chi connectivity index (χ1v) is 3.54. The van der Waals surface area contributed by atoms with Crippen molar-refractivity contribution in [3.8, 4) is 5.75 Å². The lowest BCUT2D eigenvalue weighted by Gasteiger charge is -2.00. The SMILES string of the molecule is CNC(=O)COc1cnn(C)c1. The quantitative estimate of drug-likeness (QED) is 0.666. The maximum absolute atomic E-state index is 10.7. The second-order valence-electron chi connectivity index (χ2n) is 2.31. The van der Waals surface area contributed by atoms with Crippen LogP contribution in [-0.4, -0.2) is 29.3 Å². The smallest absolute Gasteiger partial charge is 0.257 e. The molecule has 66 valence electrons. The zero-order chi connectivity index (χ0) is 8.97. The van der Waals surface area contributed by atoms with Gasteiger partial charge in [0.1, 0.15) is 0 Å². The van der Waals surface area contributed by atoms with Gasteiger partial charge in [-0.2, -0.15) is 5.10 Å². The lowest BCUT2D eigenvalue weighted by molar-refractivity contribution is -0.122. The van der Waals surface area contributed by atoms with Crippen molar-refractivity contribution in [2.75, 3.05) is 13.7 Å². The second kappa shape index (κ2) is 3.75. The number of rotatable bonds is 3. The molecule has 1 rings (SSSR count). The van der Waals surface area contributed by atoms with E-state index in [4.69, 9.17) is 4.74 Å². The van der Waals surface area contributed by atoms with Gasteiger partial charge in [0.25, 0.3) is 5.91 Å². The van der Waals surface area contributed by atoms with Crippen molar-refractivity contribution >= 4 is 5.91 Å². The van der Waals surface area contributed by atoms with Gasteiger partial charge in [-0.1, -0.05) is 0 Å². The van der Waals surface area contributed by atoms with Gasteiger partial charge >= 0.3 is 0 Å². The molecule has 0 aliphatic rings. The summed E-state index contributed by atoms with van der Waals surface area (Å²) in [7, 11) is 3.35. The highest BCUT2D eigenvalue weighted by Crippen LogP contribution is 2.05. The number of carbonyl (C=O) groups is 1. The molecule has 0 aliphatic heterocycles. The predicted octanol–water partition coefficient (Wildman–Crippen LogP) is -0.455. The Labute approximate surface area is 70.3 Å². The van der Waals surface area contributed by atoms with Gasteiger partial charge in [0, 0.05) is 14.1 Å². The lowest BCUT2D eigenvalue weighted by atomic mass is 10.6. The number of nitrogens with one attached hydrogen (secondary N) is 1. The van der Waals surface area contributed by atoms with E-state index in [2.05, 4.69) is 10.4 Å². The number of amides is 1. The molecule has 0 spiro atoms. The number of ether oxygens (including phenoxy) is 1. The third kappa shape index (κ3) is 2.26. The minimum Gasteiger partial charge on any atom is -0.480 e. The van der Waals surface area contributed by atoms with Crippen LogP contribution in [0.2, 0.25) is 0 Å². The monoisotopic (exact) mass is 169 g/mol. The minimum atomic E-state index is -0.154. The third-order valence-corrected chi connectivity index (χ3v) is 1.33. The van der Waals surface area contributed by atoms with Gasteiger partial charge in [-0.3, -0.25) is 9.48 Å². The number of likely N-dealkylation sites (N-methyl/N-ethyl adjacent to an activating group) is 1. The van der Waals surface area contributed by atoms with E-state index in [-0.39, 0.29) is 12.5 Å². The molecule has 1 aromatic heterocycles. The molecule has 0 radical (unpaired) electrons. The molecule has 0 aliphatic carbocycles. The highest BCUT2D eigenvalue weighted by Gasteiger charge is 2.00. The van der Waals surface area contributed by atoms with Crippen LogP contribution >= 0.6 is 0 Å². The number of aromatic nitrogens is 2. The van der Waals surface area contributed by atoms with E-state index in [0.717, 1.165) is 0 Å². The van der Waals surface area contributed by atoms with Gasteiger partial charge in [-0.15, -0.1) is 0 Å². The molecule has 5 nitrogen and oxygen atoms in total. The fourth-order valence-corrected chi connectivity index (χ4v) is 0.694. The Morgan fingerprint density at radius 3 is 3.08 bits per heavy atom. The summed E-state index contributed by atoms with van der Waals surface area (Å²) in [5.41, 5.74) is 0. The molecule has 0 unspecified atom stereocenters. The first-order chi connectivity index (χ1) is 5.72. The third-order valence-electron chi connectivity index (χ3n) is 1.33. The van der Waals surface area contributed by atoms with Crippen molar-refractivity contribution in [3.05, 3.63) is 12.4 Å². The number of hydrogen-bond acceptors (Lipinski definition) is 3.